The molecule has 0 N–H and O–H groups in total. The Hall–Kier alpha value is -0.970. The molecule has 0 spiro atoms. The highest BCUT2D eigenvalue weighted by Gasteiger charge is 2.10. The molecule has 0 saturated heterocycles. The summed E-state index contributed by atoms with van der Waals surface area (Å²) in [5.41, 5.74) is 0.0952. The van der Waals surface area contributed by atoms with Crippen molar-refractivity contribution in [2.45, 2.75) is 13.3 Å². The van der Waals surface area contributed by atoms with Crippen molar-refractivity contribution in [1.82, 2.24) is 4.98 Å². The quantitative estimate of drug-likeness (QED) is 0.618. The average Bonchev–Trinajstić information content (AvgIpc) is 2.12. The van der Waals surface area contributed by atoms with Crippen molar-refractivity contribution in [3.63, 3.8) is 0 Å². The van der Waals surface area contributed by atoms with E-state index in [2.05, 4.69) is 25.7 Å². The van der Waals surface area contributed by atoms with Gasteiger partial charge < -0.3 is 4.74 Å². The predicted octanol–water partition coefficient (Wildman–Crippen LogP) is 2.09. The molecule has 0 amide bonds. The van der Waals surface area contributed by atoms with Gasteiger partial charge in [0, 0.05) is 0 Å². The Balaban J connectivity index is 2.75. The lowest BCUT2D eigenvalue weighted by Gasteiger charge is -2.02. The lowest BCUT2D eigenvalue weighted by atomic mass is 10.2. The van der Waals surface area contributed by atoms with Gasteiger partial charge in [0.25, 0.3) is 0 Å². The molecule has 5 heteroatoms. The molecular formula is C9H9BrFNO2. The molecule has 1 heterocycles. The van der Waals surface area contributed by atoms with Gasteiger partial charge in [0.1, 0.15) is 10.4 Å². The van der Waals surface area contributed by atoms with Crippen molar-refractivity contribution in [3.8, 4) is 0 Å². The smallest absolute Gasteiger partial charge is 0.311 e. The molecule has 0 fully saturated rings. The Morgan fingerprint density at radius 3 is 3.00 bits per heavy atom. The SMILES string of the molecule is CCOC(=O)Cc1nc(Br)ccc1F. The number of esters is 1. The van der Waals surface area contributed by atoms with Crippen LogP contribution in [-0.4, -0.2) is 17.6 Å². The molecule has 76 valence electrons. The molecule has 0 radical (unpaired) electrons. The minimum Gasteiger partial charge on any atom is -0.466 e. The highest BCUT2D eigenvalue weighted by atomic mass is 79.9. The topological polar surface area (TPSA) is 39.2 Å². The van der Waals surface area contributed by atoms with Crippen molar-refractivity contribution < 1.29 is 13.9 Å². The summed E-state index contributed by atoms with van der Waals surface area (Å²) in [5, 5.41) is 0. The summed E-state index contributed by atoms with van der Waals surface area (Å²) in [6.45, 7) is 1.98. The molecule has 0 atom stereocenters. The van der Waals surface area contributed by atoms with Gasteiger partial charge in [-0.1, -0.05) is 0 Å². The van der Waals surface area contributed by atoms with Gasteiger partial charge in [-0.15, -0.1) is 0 Å². The Morgan fingerprint density at radius 1 is 1.64 bits per heavy atom. The molecule has 0 aliphatic rings. The third kappa shape index (κ3) is 3.06. The third-order valence-electron chi connectivity index (χ3n) is 1.50. The molecule has 0 bridgehead atoms. The summed E-state index contributed by atoms with van der Waals surface area (Å²) in [5.74, 6) is -0.974. The fourth-order valence-corrected chi connectivity index (χ4v) is 1.28. The van der Waals surface area contributed by atoms with Gasteiger partial charge in [-0.05, 0) is 35.0 Å². The average molecular weight is 262 g/mol. The Kier molecular flexibility index (Phi) is 4.00. The molecule has 0 aliphatic heterocycles. The highest BCUT2D eigenvalue weighted by molar-refractivity contribution is 9.10. The Morgan fingerprint density at radius 2 is 2.36 bits per heavy atom. The lowest BCUT2D eigenvalue weighted by Crippen LogP contribution is -2.10. The number of hydrogen-bond donors (Lipinski definition) is 0. The number of hydrogen-bond acceptors (Lipinski definition) is 3. The third-order valence-corrected chi connectivity index (χ3v) is 1.94. The fourth-order valence-electron chi connectivity index (χ4n) is 0.930. The van der Waals surface area contributed by atoms with Crippen LogP contribution in [0, 0.1) is 5.82 Å². The largest absolute Gasteiger partial charge is 0.466 e. The first kappa shape index (κ1) is 11.1. The summed E-state index contributed by atoms with van der Waals surface area (Å²) in [4.78, 5) is 14.9. The standard InChI is InChI=1S/C9H9BrFNO2/c1-2-14-9(13)5-7-6(11)3-4-8(10)12-7/h3-4H,2,5H2,1H3. The molecule has 14 heavy (non-hydrogen) atoms. The van der Waals surface area contributed by atoms with E-state index in [4.69, 9.17) is 0 Å². The number of aromatic nitrogens is 1. The van der Waals surface area contributed by atoms with Gasteiger partial charge in [0.05, 0.1) is 18.7 Å². The normalized spacial score (nSPS) is 9.93. The van der Waals surface area contributed by atoms with Crippen LogP contribution in [0.2, 0.25) is 0 Å². The first-order valence-electron chi connectivity index (χ1n) is 4.10. The number of nitrogens with zero attached hydrogens (tertiary/aromatic N) is 1. The molecule has 1 aromatic heterocycles. The second kappa shape index (κ2) is 5.05. The zero-order valence-electron chi connectivity index (χ0n) is 7.59. The second-order valence-electron chi connectivity index (χ2n) is 2.54. The van der Waals surface area contributed by atoms with E-state index in [9.17, 15) is 9.18 Å². The summed E-state index contributed by atoms with van der Waals surface area (Å²) >= 11 is 3.10. The van der Waals surface area contributed by atoms with Gasteiger partial charge in [-0.25, -0.2) is 9.37 Å². The van der Waals surface area contributed by atoms with Gasteiger partial charge >= 0.3 is 5.97 Å². The van der Waals surface area contributed by atoms with E-state index in [0.717, 1.165) is 0 Å². The van der Waals surface area contributed by atoms with Gasteiger partial charge in [0.2, 0.25) is 0 Å². The van der Waals surface area contributed by atoms with E-state index < -0.39 is 11.8 Å². The zero-order valence-corrected chi connectivity index (χ0v) is 9.17. The minimum atomic E-state index is -0.499. The van der Waals surface area contributed by atoms with Crippen LogP contribution in [0.3, 0.4) is 0 Å². The van der Waals surface area contributed by atoms with Gasteiger partial charge in [-0.2, -0.15) is 0 Å². The van der Waals surface area contributed by atoms with Crippen LogP contribution in [0.1, 0.15) is 12.6 Å². The molecule has 3 nitrogen and oxygen atoms in total. The molecule has 0 saturated carbocycles. The van der Waals surface area contributed by atoms with Crippen molar-refractivity contribution >= 4 is 21.9 Å². The first-order chi connectivity index (χ1) is 6.63. The Labute approximate surface area is 89.4 Å². The van der Waals surface area contributed by atoms with Gasteiger partial charge in [-0.3, -0.25) is 4.79 Å². The summed E-state index contributed by atoms with van der Waals surface area (Å²) < 4.78 is 18.3. The number of ether oxygens (including phenoxy) is 1. The highest BCUT2D eigenvalue weighted by Crippen LogP contribution is 2.11. The summed E-state index contributed by atoms with van der Waals surface area (Å²) in [6, 6.07) is 2.73. The van der Waals surface area contributed by atoms with Crippen molar-refractivity contribution in [2.75, 3.05) is 6.61 Å². The van der Waals surface area contributed by atoms with Crippen LogP contribution in [0.5, 0.6) is 0 Å². The molecule has 0 aromatic carbocycles. The second-order valence-corrected chi connectivity index (χ2v) is 3.36. The molecule has 1 aromatic rings. The molecule has 0 aliphatic carbocycles. The van der Waals surface area contributed by atoms with Crippen LogP contribution in [-0.2, 0) is 16.0 Å². The molecule has 1 rings (SSSR count). The monoisotopic (exact) mass is 261 g/mol. The van der Waals surface area contributed by atoms with E-state index in [1.165, 1.54) is 12.1 Å². The first-order valence-corrected chi connectivity index (χ1v) is 4.89. The van der Waals surface area contributed by atoms with Crippen LogP contribution >= 0.6 is 15.9 Å². The van der Waals surface area contributed by atoms with Crippen LogP contribution < -0.4 is 0 Å². The van der Waals surface area contributed by atoms with Crippen LogP contribution in [0.4, 0.5) is 4.39 Å². The van der Waals surface area contributed by atoms with E-state index >= 15 is 0 Å². The summed E-state index contributed by atoms with van der Waals surface area (Å²) in [7, 11) is 0. The maximum absolute atomic E-state index is 13.1. The predicted molar refractivity (Wildman–Crippen MR) is 52.2 cm³/mol. The van der Waals surface area contributed by atoms with Gasteiger partial charge in [0.15, 0.2) is 0 Å². The number of carbonyl (C=O) groups excluding carboxylic acids is 1. The van der Waals surface area contributed by atoms with E-state index in [-0.39, 0.29) is 18.7 Å². The Bertz CT molecular complexity index is 344. The molecular weight excluding hydrogens is 253 g/mol. The van der Waals surface area contributed by atoms with Crippen LogP contribution in [0.15, 0.2) is 16.7 Å². The van der Waals surface area contributed by atoms with E-state index in [1.807, 2.05) is 0 Å². The number of carbonyl (C=O) groups is 1. The molecule has 0 unspecified atom stereocenters. The van der Waals surface area contributed by atoms with E-state index in [0.29, 0.717) is 4.60 Å². The number of halogens is 2. The minimum absolute atomic E-state index is 0.0952. The fraction of sp³-hybridized carbons (Fsp3) is 0.333. The lowest BCUT2D eigenvalue weighted by molar-refractivity contribution is -0.142. The van der Waals surface area contributed by atoms with Crippen LogP contribution in [0.25, 0.3) is 0 Å². The maximum atomic E-state index is 13.1. The number of rotatable bonds is 3. The van der Waals surface area contributed by atoms with Crippen molar-refractivity contribution in [3.05, 3.63) is 28.2 Å². The van der Waals surface area contributed by atoms with E-state index in [1.54, 1.807) is 6.92 Å². The zero-order chi connectivity index (χ0) is 10.6. The van der Waals surface area contributed by atoms with Crippen molar-refractivity contribution in [2.24, 2.45) is 0 Å². The maximum Gasteiger partial charge on any atom is 0.311 e. The number of pyridine rings is 1. The van der Waals surface area contributed by atoms with Crippen molar-refractivity contribution in [1.29, 1.82) is 0 Å². The summed E-state index contributed by atoms with van der Waals surface area (Å²) in [6.07, 6.45) is -0.140.